The lowest BCUT2D eigenvalue weighted by Crippen LogP contribution is -2.22. The molecule has 8 nitrogen and oxygen atoms in total. The minimum absolute atomic E-state index is 0.0285. The van der Waals surface area contributed by atoms with E-state index in [4.69, 9.17) is 18.9 Å². The Balaban J connectivity index is 1.13. The highest BCUT2D eigenvalue weighted by atomic mass is 16.7. The fraction of sp³-hybridized carbons (Fsp3) is 0.211. The van der Waals surface area contributed by atoms with Crippen molar-refractivity contribution in [3.8, 4) is 16.9 Å². The van der Waals surface area contributed by atoms with Gasteiger partial charge in [-0.25, -0.2) is 4.79 Å². The molecule has 5 aromatic carbocycles. The van der Waals surface area contributed by atoms with Crippen molar-refractivity contribution in [1.82, 2.24) is 5.32 Å². The molecule has 46 heavy (non-hydrogen) atoms. The molecule has 0 aliphatic heterocycles. The van der Waals surface area contributed by atoms with E-state index in [0.717, 1.165) is 38.8 Å². The summed E-state index contributed by atoms with van der Waals surface area (Å²) in [5, 5.41) is 8.60. The number of benzene rings is 5. The highest BCUT2D eigenvalue weighted by Crippen LogP contribution is 2.25. The van der Waals surface area contributed by atoms with Gasteiger partial charge in [-0.1, -0.05) is 54.6 Å². The molecular weight excluding hydrogens is 580 g/mol. The van der Waals surface area contributed by atoms with Gasteiger partial charge in [-0.3, -0.25) is 4.79 Å². The topological polar surface area (TPSA) is 95.1 Å². The van der Waals surface area contributed by atoms with Gasteiger partial charge in [-0.2, -0.15) is 0 Å². The molecule has 5 rings (SSSR count). The van der Waals surface area contributed by atoms with Gasteiger partial charge in [0.15, 0.2) is 12.6 Å². The quantitative estimate of drug-likeness (QED) is 0.0511. The molecule has 236 valence electrons. The van der Waals surface area contributed by atoms with Gasteiger partial charge in [0.25, 0.3) is 0 Å². The zero-order valence-electron chi connectivity index (χ0n) is 26.1. The maximum Gasteiger partial charge on any atom is 0.338 e. The standard InChI is InChI=1S/C38H38N2O6/c1-3-45-38(42)33-8-5-9-35(22-33)40-34-15-12-28(13-16-34)29-7-4-6-27(20-29)24-39-25-37(41)32-11-10-31-23-36(17-14-30(31)21-32)46-26-44-19-18-43-2/h4-17,20-23,39-40H,3,18-19,24-26H2,1-2H3. The molecule has 0 unspecified atom stereocenters. The van der Waals surface area contributed by atoms with Gasteiger partial charge in [0, 0.05) is 30.6 Å². The molecule has 0 spiro atoms. The monoisotopic (exact) mass is 618 g/mol. The molecule has 0 aliphatic rings. The molecule has 0 bridgehead atoms. The summed E-state index contributed by atoms with van der Waals surface area (Å²) >= 11 is 0. The van der Waals surface area contributed by atoms with Gasteiger partial charge >= 0.3 is 5.97 Å². The summed E-state index contributed by atoms with van der Waals surface area (Å²) in [5.41, 5.74) is 6.13. The van der Waals surface area contributed by atoms with E-state index in [1.165, 1.54) is 0 Å². The van der Waals surface area contributed by atoms with Crippen molar-refractivity contribution in [2.75, 3.05) is 45.6 Å². The van der Waals surface area contributed by atoms with Crippen LogP contribution in [0.5, 0.6) is 5.75 Å². The first kappa shape index (κ1) is 32.4. The first-order chi connectivity index (χ1) is 22.5. The highest BCUT2D eigenvalue weighted by Gasteiger charge is 2.09. The van der Waals surface area contributed by atoms with Crippen molar-refractivity contribution < 1.29 is 28.5 Å². The van der Waals surface area contributed by atoms with E-state index in [-0.39, 0.29) is 25.1 Å². The predicted octanol–water partition coefficient (Wildman–Crippen LogP) is 7.40. The average Bonchev–Trinajstić information content (AvgIpc) is 3.08. The number of hydrogen-bond acceptors (Lipinski definition) is 8. The van der Waals surface area contributed by atoms with Crippen molar-refractivity contribution >= 4 is 33.9 Å². The number of hydrogen-bond donors (Lipinski definition) is 2. The zero-order chi connectivity index (χ0) is 32.1. The van der Waals surface area contributed by atoms with Gasteiger partial charge < -0.3 is 29.6 Å². The number of esters is 1. The van der Waals surface area contributed by atoms with Crippen LogP contribution in [0.2, 0.25) is 0 Å². The van der Waals surface area contributed by atoms with Crippen molar-refractivity contribution in [3.63, 3.8) is 0 Å². The van der Waals surface area contributed by atoms with Crippen LogP contribution in [-0.2, 0) is 20.8 Å². The van der Waals surface area contributed by atoms with Crippen molar-refractivity contribution in [1.29, 1.82) is 0 Å². The lowest BCUT2D eigenvalue weighted by Gasteiger charge is -2.11. The number of carbonyl (C=O) groups excluding carboxylic acids is 2. The second-order valence-electron chi connectivity index (χ2n) is 10.6. The Morgan fingerprint density at radius 2 is 1.52 bits per heavy atom. The molecule has 2 N–H and O–H groups in total. The first-order valence-electron chi connectivity index (χ1n) is 15.2. The SMILES string of the molecule is CCOC(=O)c1cccc(Nc2ccc(-c3cccc(CNCC(=O)c4ccc5cc(OCOCCOC)ccc5c4)c3)cc2)c1. The third kappa shape index (κ3) is 9.01. The van der Waals surface area contributed by atoms with E-state index in [9.17, 15) is 9.59 Å². The van der Waals surface area contributed by atoms with E-state index in [2.05, 4.69) is 34.9 Å². The molecular formula is C38H38N2O6. The van der Waals surface area contributed by atoms with Crippen LogP contribution < -0.4 is 15.4 Å². The summed E-state index contributed by atoms with van der Waals surface area (Å²) in [5.74, 6) is 0.398. The summed E-state index contributed by atoms with van der Waals surface area (Å²) in [4.78, 5) is 25.0. The lowest BCUT2D eigenvalue weighted by molar-refractivity contribution is -0.00841. The number of ether oxygens (including phenoxy) is 4. The van der Waals surface area contributed by atoms with Crippen molar-refractivity contribution in [2.24, 2.45) is 0 Å². The molecule has 0 fully saturated rings. The third-order valence-corrected chi connectivity index (χ3v) is 7.30. The highest BCUT2D eigenvalue weighted by molar-refractivity contribution is 6.01. The minimum atomic E-state index is -0.337. The number of ketones is 1. The molecule has 8 heteroatoms. The van der Waals surface area contributed by atoms with Gasteiger partial charge in [0.05, 0.1) is 31.9 Å². The summed E-state index contributed by atoms with van der Waals surface area (Å²) in [7, 11) is 1.63. The Kier molecular flexibility index (Phi) is 11.5. The second-order valence-corrected chi connectivity index (χ2v) is 10.6. The zero-order valence-corrected chi connectivity index (χ0v) is 26.1. The lowest BCUT2D eigenvalue weighted by atomic mass is 10.0. The Morgan fingerprint density at radius 1 is 0.717 bits per heavy atom. The molecule has 0 radical (unpaired) electrons. The van der Waals surface area contributed by atoms with E-state index in [1.807, 2.05) is 72.8 Å². The van der Waals surface area contributed by atoms with Gasteiger partial charge in [0.1, 0.15) is 5.75 Å². The molecule has 0 saturated heterocycles. The maximum atomic E-state index is 13.0. The van der Waals surface area contributed by atoms with Crippen molar-refractivity contribution in [3.05, 3.63) is 126 Å². The van der Waals surface area contributed by atoms with Crippen LogP contribution in [0.25, 0.3) is 21.9 Å². The fourth-order valence-electron chi connectivity index (χ4n) is 4.93. The van der Waals surface area contributed by atoms with E-state index in [1.54, 1.807) is 26.2 Å². The van der Waals surface area contributed by atoms with E-state index < -0.39 is 0 Å². The third-order valence-electron chi connectivity index (χ3n) is 7.30. The molecule has 5 aromatic rings. The molecule has 0 saturated carbocycles. The summed E-state index contributed by atoms with van der Waals surface area (Å²) in [6, 6.07) is 35.1. The van der Waals surface area contributed by atoms with Crippen LogP contribution in [0.4, 0.5) is 11.4 Å². The maximum absolute atomic E-state index is 13.0. The second kappa shape index (κ2) is 16.3. The van der Waals surface area contributed by atoms with Crippen LogP contribution in [0.3, 0.4) is 0 Å². The molecule has 0 aromatic heterocycles. The average molecular weight is 619 g/mol. The largest absolute Gasteiger partial charge is 0.468 e. The first-order valence-corrected chi connectivity index (χ1v) is 15.2. The summed E-state index contributed by atoms with van der Waals surface area (Å²) in [6.45, 7) is 4.07. The van der Waals surface area contributed by atoms with Crippen LogP contribution in [-0.4, -0.2) is 52.0 Å². The number of fused-ring (bicyclic) bond motifs is 1. The van der Waals surface area contributed by atoms with Crippen LogP contribution in [0.1, 0.15) is 33.2 Å². The Morgan fingerprint density at radius 3 is 2.35 bits per heavy atom. The predicted molar refractivity (Wildman–Crippen MR) is 181 cm³/mol. The number of Topliss-reactive ketones (excluding diaryl/α,β-unsaturated/α-hetero) is 1. The number of anilines is 2. The summed E-state index contributed by atoms with van der Waals surface area (Å²) < 4.78 is 21.1. The van der Waals surface area contributed by atoms with Gasteiger partial charge in [-0.15, -0.1) is 0 Å². The summed E-state index contributed by atoms with van der Waals surface area (Å²) in [6.07, 6.45) is 0. The fourth-order valence-corrected chi connectivity index (χ4v) is 4.93. The van der Waals surface area contributed by atoms with Crippen molar-refractivity contribution in [2.45, 2.75) is 13.5 Å². The Hall–Kier alpha value is -5.02. The van der Waals surface area contributed by atoms with E-state index >= 15 is 0 Å². The normalized spacial score (nSPS) is 10.9. The number of methoxy groups -OCH3 is 1. The Bertz CT molecular complexity index is 1770. The number of nitrogens with one attached hydrogen (secondary N) is 2. The minimum Gasteiger partial charge on any atom is -0.468 e. The molecule has 0 heterocycles. The van der Waals surface area contributed by atoms with Crippen LogP contribution >= 0.6 is 0 Å². The Labute approximate surface area is 269 Å². The molecule has 0 amide bonds. The van der Waals surface area contributed by atoms with Crippen LogP contribution in [0.15, 0.2) is 109 Å². The molecule has 0 aliphatic carbocycles. The van der Waals surface area contributed by atoms with E-state index in [0.29, 0.717) is 43.2 Å². The van der Waals surface area contributed by atoms with Gasteiger partial charge in [0.2, 0.25) is 0 Å². The molecule has 0 atom stereocenters. The smallest absolute Gasteiger partial charge is 0.338 e. The number of rotatable bonds is 16. The van der Waals surface area contributed by atoms with Gasteiger partial charge in [-0.05, 0) is 89.0 Å². The van der Waals surface area contributed by atoms with Crippen LogP contribution in [0, 0.1) is 0 Å². The number of carbonyl (C=O) groups is 2.